The summed E-state index contributed by atoms with van der Waals surface area (Å²) in [5.74, 6) is 1.04. The second-order valence-electron chi connectivity index (χ2n) is 4.87. The van der Waals surface area contributed by atoms with Crippen molar-refractivity contribution in [2.24, 2.45) is 11.8 Å². The van der Waals surface area contributed by atoms with Gasteiger partial charge in [-0.3, -0.25) is 0 Å². The summed E-state index contributed by atoms with van der Waals surface area (Å²) in [4.78, 5) is 0. The zero-order valence-electron chi connectivity index (χ0n) is 9.72. The number of hydrogen-bond acceptors (Lipinski definition) is 2. The maximum atomic E-state index is 9.89. The van der Waals surface area contributed by atoms with Crippen LogP contribution in [0.2, 0.25) is 0 Å². The minimum Gasteiger partial charge on any atom is -0.389 e. The van der Waals surface area contributed by atoms with E-state index in [2.05, 4.69) is 19.2 Å². The van der Waals surface area contributed by atoms with Gasteiger partial charge in [-0.15, -0.1) is 0 Å². The molecule has 0 aromatic heterocycles. The fraction of sp³-hybridized carbons (Fsp3) is 1.00. The summed E-state index contributed by atoms with van der Waals surface area (Å²) in [5.41, 5.74) is -0.572. The van der Waals surface area contributed by atoms with Crippen molar-refractivity contribution >= 4 is 0 Å². The van der Waals surface area contributed by atoms with Crippen LogP contribution in [0.4, 0.5) is 0 Å². The molecule has 1 unspecified atom stereocenters. The van der Waals surface area contributed by atoms with Crippen LogP contribution in [-0.2, 0) is 0 Å². The fourth-order valence-electron chi connectivity index (χ4n) is 0.936. The van der Waals surface area contributed by atoms with Gasteiger partial charge in [0.05, 0.1) is 5.60 Å². The standard InChI is InChI=1S/C11H25NO/c1-9(2)6-7-12-8-11(5,13)10(3)4/h9-10,12-13H,6-8H2,1-5H3. The Kier molecular flexibility index (Phi) is 5.57. The molecule has 0 saturated carbocycles. The van der Waals surface area contributed by atoms with E-state index in [9.17, 15) is 5.11 Å². The summed E-state index contributed by atoms with van der Waals surface area (Å²) in [5, 5.41) is 13.2. The van der Waals surface area contributed by atoms with Gasteiger partial charge < -0.3 is 10.4 Å². The Labute approximate surface area is 82.7 Å². The highest BCUT2D eigenvalue weighted by Crippen LogP contribution is 2.14. The Bertz CT molecular complexity index is 130. The highest BCUT2D eigenvalue weighted by Gasteiger charge is 2.23. The Morgan fingerprint density at radius 3 is 2.15 bits per heavy atom. The molecule has 0 spiro atoms. The number of rotatable bonds is 6. The average molecular weight is 187 g/mol. The lowest BCUT2D eigenvalue weighted by Gasteiger charge is -2.28. The lowest BCUT2D eigenvalue weighted by Crippen LogP contribution is -2.42. The van der Waals surface area contributed by atoms with Crippen molar-refractivity contribution in [3.05, 3.63) is 0 Å². The molecule has 2 nitrogen and oxygen atoms in total. The highest BCUT2D eigenvalue weighted by atomic mass is 16.3. The van der Waals surface area contributed by atoms with E-state index >= 15 is 0 Å². The molecule has 2 heteroatoms. The first-order valence-corrected chi connectivity index (χ1v) is 5.29. The summed E-state index contributed by atoms with van der Waals surface area (Å²) < 4.78 is 0. The summed E-state index contributed by atoms with van der Waals surface area (Å²) in [6.07, 6.45) is 1.17. The molecule has 80 valence electrons. The van der Waals surface area contributed by atoms with Gasteiger partial charge in [-0.25, -0.2) is 0 Å². The van der Waals surface area contributed by atoms with Crippen LogP contribution in [0.15, 0.2) is 0 Å². The molecule has 0 heterocycles. The molecule has 0 aromatic carbocycles. The van der Waals surface area contributed by atoms with E-state index in [1.807, 2.05) is 20.8 Å². The summed E-state index contributed by atoms with van der Waals surface area (Å²) in [6.45, 7) is 12.1. The maximum Gasteiger partial charge on any atom is 0.0766 e. The lowest BCUT2D eigenvalue weighted by molar-refractivity contribution is 0.0142. The molecule has 1 atom stereocenters. The summed E-state index contributed by atoms with van der Waals surface area (Å²) >= 11 is 0. The van der Waals surface area contributed by atoms with E-state index in [-0.39, 0.29) is 0 Å². The van der Waals surface area contributed by atoms with Crippen molar-refractivity contribution < 1.29 is 5.11 Å². The quantitative estimate of drug-likeness (QED) is 0.624. The lowest BCUT2D eigenvalue weighted by atomic mass is 9.92. The third-order valence-corrected chi connectivity index (χ3v) is 2.63. The van der Waals surface area contributed by atoms with Gasteiger partial charge in [0.25, 0.3) is 0 Å². The third-order valence-electron chi connectivity index (χ3n) is 2.63. The van der Waals surface area contributed by atoms with Crippen molar-refractivity contribution in [3.8, 4) is 0 Å². The SMILES string of the molecule is CC(C)CCNCC(C)(O)C(C)C. The van der Waals surface area contributed by atoms with E-state index in [1.54, 1.807) is 0 Å². The Morgan fingerprint density at radius 1 is 1.23 bits per heavy atom. The minimum absolute atomic E-state index is 0.305. The van der Waals surface area contributed by atoms with Crippen molar-refractivity contribution in [1.82, 2.24) is 5.32 Å². The number of aliphatic hydroxyl groups is 1. The van der Waals surface area contributed by atoms with E-state index in [0.29, 0.717) is 12.5 Å². The molecule has 0 amide bonds. The van der Waals surface area contributed by atoms with Gasteiger partial charge in [0.2, 0.25) is 0 Å². The third kappa shape index (κ3) is 6.05. The fourth-order valence-corrected chi connectivity index (χ4v) is 0.936. The maximum absolute atomic E-state index is 9.89. The van der Waals surface area contributed by atoms with Crippen LogP contribution in [-0.4, -0.2) is 23.8 Å². The molecule has 13 heavy (non-hydrogen) atoms. The van der Waals surface area contributed by atoms with Gasteiger partial charge in [0, 0.05) is 6.54 Å². The molecule has 0 fully saturated rings. The average Bonchev–Trinajstić information content (AvgIpc) is 1.97. The molecule has 0 aliphatic rings. The van der Waals surface area contributed by atoms with Crippen LogP contribution in [0.5, 0.6) is 0 Å². The van der Waals surface area contributed by atoms with Gasteiger partial charge in [-0.05, 0) is 31.7 Å². The smallest absolute Gasteiger partial charge is 0.0766 e. The van der Waals surface area contributed by atoms with Gasteiger partial charge in [-0.2, -0.15) is 0 Å². The summed E-state index contributed by atoms with van der Waals surface area (Å²) in [7, 11) is 0. The predicted octanol–water partition coefficient (Wildman–Crippen LogP) is 2.03. The van der Waals surface area contributed by atoms with Gasteiger partial charge in [0.1, 0.15) is 0 Å². The summed E-state index contributed by atoms with van der Waals surface area (Å²) in [6, 6.07) is 0. The molecular weight excluding hydrogens is 162 g/mol. The molecule has 2 N–H and O–H groups in total. The second kappa shape index (κ2) is 5.61. The van der Waals surface area contributed by atoms with Crippen molar-refractivity contribution in [2.45, 2.75) is 46.6 Å². The van der Waals surface area contributed by atoms with Crippen LogP contribution in [0.25, 0.3) is 0 Å². The zero-order chi connectivity index (χ0) is 10.5. The Morgan fingerprint density at radius 2 is 1.77 bits per heavy atom. The largest absolute Gasteiger partial charge is 0.389 e. The monoisotopic (exact) mass is 187 g/mol. The van der Waals surface area contributed by atoms with Crippen LogP contribution in [0.1, 0.15) is 41.0 Å². The molecule has 0 bridgehead atoms. The molecule has 0 saturated heterocycles. The van der Waals surface area contributed by atoms with Gasteiger partial charge in [-0.1, -0.05) is 27.7 Å². The first-order chi connectivity index (χ1) is 5.86. The van der Waals surface area contributed by atoms with Crippen LogP contribution < -0.4 is 5.32 Å². The van der Waals surface area contributed by atoms with Gasteiger partial charge >= 0.3 is 0 Å². The molecular formula is C11H25NO. The van der Waals surface area contributed by atoms with Crippen molar-refractivity contribution in [2.75, 3.05) is 13.1 Å². The Balaban J connectivity index is 3.52. The van der Waals surface area contributed by atoms with Gasteiger partial charge in [0.15, 0.2) is 0 Å². The van der Waals surface area contributed by atoms with E-state index in [1.165, 1.54) is 6.42 Å². The molecule has 0 aliphatic heterocycles. The molecule has 0 aromatic rings. The molecule has 0 radical (unpaired) electrons. The van der Waals surface area contributed by atoms with Crippen LogP contribution in [0, 0.1) is 11.8 Å². The first kappa shape index (κ1) is 12.9. The predicted molar refractivity (Wildman–Crippen MR) is 57.8 cm³/mol. The second-order valence-corrected chi connectivity index (χ2v) is 4.87. The highest BCUT2D eigenvalue weighted by molar-refractivity contribution is 4.78. The van der Waals surface area contributed by atoms with E-state index < -0.39 is 5.60 Å². The number of nitrogens with one attached hydrogen (secondary N) is 1. The molecule has 0 rings (SSSR count). The first-order valence-electron chi connectivity index (χ1n) is 5.29. The van der Waals surface area contributed by atoms with Crippen LogP contribution >= 0.6 is 0 Å². The minimum atomic E-state index is -0.572. The normalized spacial score (nSPS) is 16.6. The number of hydrogen-bond donors (Lipinski definition) is 2. The van der Waals surface area contributed by atoms with E-state index in [4.69, 9.17) is 0 Å². The molecule has 0 aliphatic carbocycles. The van der Waals surface area contributed by atoms with E-state index in [0.717, 1.165) is 12.5 Å². The Hall–Kier alpha value is -0.0800. The van der Waals surface area contributed by atoms with Crippen LogP contribution in [0.3, 0.4) is 0 Å². The topological polar surface area (TPSA) is 32.3 Å². The zero-order valence-corrected chi connectivity index (χ0v) is 9.72. The van der Waals surface area contributed by atoms with Crippen molar-refractivity contribution in [3.63, 3.8) is 0 Å². The van der Waals surface area contributed by atoms with Crippen molar-refractivity contribution in [1.29, 1.82) is 0 Å².